The number of hydrogen-bond donors (Lipinski definition) is 0. The van der Waals surface area contributed by atoms with Crippen LogP contribution < -0.4 is 9.80 Å². The molecule has 0 saturated carbocycles. The van der Waals surface area contributed by atoms with Crippen LogP contribution in [-0.2, 0) is 0 Å². The molecule has 22 aromatic rings. The standard InChI is InChI=1S/C108H70N4O2/c1-2-31-79(32-3-1)110(97-46-12-8-39-92(97)93-45-24-54-105-108(93)96-42-11-17-52-103(96)114-105)82-63-65-83(66-64-82)111-100-49-15-9-40-94(100)106-88(43-22-50-101(106)111)77-29-19-28-76(68-77)87-36-5-4-35-86(87)72-57-61-81(62-58-72)109(84-33-21-30-78(70-84)89-44-23-53-104-107(89)95-41-10-16-51-102(95)113-104)80-59-55-71(56-60-80)73-25-18-26-74(67-73)75-27-20-34-85(69-75)112-98-47-13-6-37-90(98)91-38-7-14-48-99(91)112/h1-70H. The second-order valence-corrected chi connectivity index (χ2v) is 29.4. The van der Waals surface area contributed by atoms with Crippen LogP contribution in [0.2, 0.25) is 0 Å². The van der Waals surface area contributed by atoms with Crippen molar-refractivity contribution in [3.63, 3.8) is 0 Å². The van der Waals surface area contributed by atoms with Crippen molar-refractivity contribution in [2.24, 2.45) is 0 Å². The molecule has 0 amide bonds. The summed E-state index contributed by atoms with van der Waals surface area (Å²) in [4.78, 5) is 4.76. The van der Waals surface area contributed by atoms with Gasteiger partial charge in [-0.2, -0.15) is 0 Å². The predicted octanol–water partition coefficient (Wildman–Crippen LogP) is 30.3. The van der Waals surface area contributed by atoms with Gasteiger partial charge in [0.2, 0.25) is 0 Å². The molecule has 6 nitrogen and oxygen atoms in total. The highest BCUT2D eigenvalue weighted by atomic mass is 16.3. The lowest BCUT2D eigenvalue weighted by molar-refractivity contribution is 0.668. The van der Waals surface area contributed by atoms with E-state index >= 15 is 0 Å². The summed E-state index contributed by atoms with van der Waals surface area (Å²) in [5.74, 6) is 0. The lowest BCUT2D eigenvalue weighted by atomic mass is 9.91. The zero-order valence-corrected chi connectivity index (χ0v) is 62.0. The van der Waals surface area contributed by atoms with E-state index in [1.165, 1.54) is 38.1 Å². The second kappa shape index (κ2) is 27.4. The minimum atomic E-state index is 0.870. The van der Waals surface area contributed by atoms with Gasteiger partial charge in [-0.25, -0.2) is 0 Å². The van der Waals surface area contributed by atoms with Crippen molar-refractivity contribution in [2.45, 2.75) is 0 Å². The fraction of sp³-hybridized carbons (Fsp3) is 0. The second-order valence-electron chi connectivity index (χ2n) is 29.4. The molecular formula is C108H70N4O2. The van der Waals surface area contributed by atoms with Crippen LogP contribution in [0.25, 0.3) is 177 Å². The first kappa shape index (κ1) is 65.8. The molecule has 0 radical (unpaired) electrons. The van der Waals surface area contributed by atoms with Crippen molar-refractivity contribution in [2.75, 3.05) is 9.80 Å². The highest BCUT2D eigenvalue weighted by Gasteiger charge is 2.25. The quantitative estimate of drug-likeness (QED) is 0.103. The maximum absolute atomic E-state index is 6.45. The molecule has 0 N–H and O–H groups in total. The van der Waals surface area contributed by atoms with Crippen molar-refractivity contribution in [1.29, 1.82) is 0 Å². The van der Waals surface area contributed by atoms with Gasteiger partial charge < -0.3 is 27.8 Å². The van der Waals surface area contributed by atoms with E-state index in [9.17, 15) is 0 Å². The number of anilines is 6. The zero-order chi connectivity index (χ0) is 75.2. The molecule has 0 saturated heterocycles. The smallest absolute Gasteiger partial charge is 0.136 e. The van der Waals surface area contributed by atoms with Crippen LogP contribution in [0.3, 0.4) is 0 Å². The Bertz CT molecular complexity index is 7430. The first-order valence-electron chi connectivity index (χ1n) is 38.9. The van der Waals surface area contributed by atoms with Crippen LogP contribution in [0.15, 0.2) is 433 Å². The van der Waals surface area contributed by atoms with Gasteiger partial charge in [0.15, 0.2) is 0 Å². The van der Waals surface area contributed by atoms with Crippen molar-refractivity contribution < 1.29 is 8.83 Å². The van der Waals surface area contributed by atoms with Crippen LogP contribution >= 0.6 is 0 Å². The van der Waals surface area contributed by atoms with E-state index < -0.39 is 0 Å². The summed E-state index contributed by atoms with van der Waals surface area (Å²) >= 11 is 0. The zero-order valence-electron chi connectivity index (χ0n) is 62.0. The molecule has 0 atom stereocenters. The molecule has 0 aliphatic carbocycles. The molecule has 0 aliphatic heterocycles. The van der Waals surface area contributed by atoms with Gasteiger partial charge in [-0.15, -0.1) is 0 Å². The summed E-state index contributed by atoms with van der Waals surface area (Å²) < 4.78 is 17.7. The van der Waals surface area contributed by atoms with E-state index in [1.54, 1.807) is 0 Å². The maximum Gasteiger partial charge on any atom is 0.136 e. The molecule has 22 rings (SSSR count). The Balaban J connectivity index is 0.597. The Hall–Kier alpha value is -15.2. The van der Waals surface area contributed by atoms with Crippen LogP contribution in [0, 0.1) is 0 Å². The maximum atomic E-state index is 6.45. The summed E-state index contributed by atoms with van der Waals surface area (Å²) in [6, 6.07) is 154. The topological polar surface area (TPSA) is 42.6 Å². The Morgan fingerprint density at radius 3 is 1.21 bits per heavy atom. The molecule has 4 aromatic heterocycles. The van der Waals surface area contributed by atoms with Crippen molar-refractivity contribution >= 4 is 122 Å². The van der Waals surface area contributed by atoms with E-state index in [1.807, 2.05) is 12.1 Å². The van der Waals surface area contributed by atoms with Gasteiger partial charge >= 0.3 is 0 Å². The van der Waals surface area contributed by atoms with Gasteiger partial charge in [-0.1, -0.05) is 273 Å². The molecule has 0 aliphatic rings. The van der Waals surface area contributed by atoms with Gasteiger partial charge in [-0.3, -0.25) is 0 Å². The Labute approximate surface area is 659 Å². The summed E-state index contributed by atoms with van der Waals surface area (Å²) in [5.41, 5.74) is 32.6. The number of furan rings is 2. The minimum absolute atomic E-state index is 0.870. The normalized spacial score (nSPS) is 11.7. The predicted molar refractivity (Wildman–Crippen MR) is 477 cm³/mol. The number of rotatable bonds is 15. The average Bonchev–Trinajstić information content (AvgIpc) is 1.58. The van der Waals surface area contributed by atoms with Crippen molar-refractivity contribution in [3.05, 3.63) is 425 Å². The number of hydrogen-bond acceptors (Lipinski definition) is 4. The average molecular weight is 1460 g/mol. The highest BCUT2D eigenvalue weighted by molar-refractivity contribution is 6.18. The first-order valence-corrected chi connectivity index (χ1v) is 38.9. The van der Waals surface area contributed by atoms with Gasteiger partial charge in [0.1, 0.15) is 22.3 Å². The Morgan fingerprint density at radius 1 is 0.175 bits per heavy atom. The Kier molecular flexibility index (Phi) is 15.8. The summed E-state index contributed by atoms with van der Waals surface area (Å²) in [7, 11) is 0. The molecule has 4 heterocycles. The van der Waals surface area contributed by atoms with Crippen LogP contribution in [0.4, 0.5) is 34.1 Å². The fourth-order valence-corrected chi connectivity index (χ4v) is 17.8. The molecular weight excluding hydrogens is 1390 g/mol. The molecule has 18 aromatic carbocycles. The van der Waals surface area contributed by atoms with Gasteiger partial charge in [0, 0.05) is 88.5 Å². The fourth-order valence-electron chi connectivity index (χ4n) is 17.8. The van der Waals surface area contributed by atoms with Crippen LogP contribution in [0.5, 0.6) is 0 Å². The van der Waals surface area contributed by atoms with Gasteiger partial charge in [0.25, 0.3) is 0 Å². The molecule has 0 fully saturated rings. The minimum Gasteiger partial charge on any atom is -0.456 e. The van der Waals surface area contributed by atoms with E-state index in [0.29, 0.717) is 0 Å². The van der Waals surface area contributed by atoms with Crippen molar-refractivity contribution in [3.8, 4) is 89.3 Å². The van der Waals surface area contributed by atoms with E-state index in [0.717, 1.165) is 173 Å². The van der Waals surface area contributed by atoms with Gasteiger partial charge in [-0.05, 0) is 224 Å². The molecule has 534 valence electrons. The van der Waals surface area contributed by atoms with E-state index in [2.05, 4.69) is 431 Å². The Morgan fingerprint density at radius 2 is 0.553 bits per heavy atom. The number of para-hydroxylation sites is 7. The first-order chi connectivity index (χ1) is 56.5. The highest BCUT2D eigenvalue weighted by Crippen LogP contribution is 2.49. The number of aromatic nitrogens is 2. The monoisotopic (exact) mass is 1450 g/mol. The SMILES string of the molecule is c1ccc(N(c2ccc(-n3c4ccccc4c4c(-c5cccc(-c6ccccc6-c6ccc(N(c7ccc(-c8cccc(-c9cccc(-n%10c%11ccccc%11c%11ccccc%11%10)c9)c8)cc7)c7cccc(-c8cccc9oc%10ccccc%10c89)c7)cc6)c5)cccc43)cc2)c2ccccc2-c2cccc3oc4ccccc4c23)cc1. The van der Waals surface area contributed by atoms with Crippen LogP contribution in [-0.4, -0.2) is 9.13 Å². The number of fused-ring (bicyclic) bond motifs is 12. The number of benzene rings is 18. The van der Waals surface area contributed by atoms with E-state index in [4.69, 9.17) is 8.83 Å². The molecule has 0 spiro atoms. The summed E-state index contributed by atoms with van der Waals surface area (Å²) in [6.07, 6.45) is 0. The largest absolute Gasteiger partial charge is 0.456 e. The third-order valence-corrected chi connectivity index (χ3v) is 22.9. The lowest BCUT2D eigenvalue weighted by Gasteiger charge is -2.28. The lowest BCUT2D eigenvalue weighted by Crippen LogP contribution is -2.11. The number of nitrogens with zero attached hydrogens (tertiary/aromatic N) is 4. The third-order valence-electron chi connectivity index (χ3n) is 22.9. The summed E-state index contributed by atoms with van der Waals surface area (Å²) in [5, 5.41) is 9.33. The van der Waals surface area contributed by atoms with Gasteiger partial charge in [0.05, 0.1) is 27.8 Å². The third kappa shape index (κ3) is 11.2. The van der Waals surface area contributed by atoms with Crippen LogP contribution in [0.1, 0.15) is 0 Å². The molecule has 6 heteroatoms. The van der Waals surface area contributed by atoms with Crippen molar-refractivity contribution in [1.82, 2.24) is 9.13 Å². The van der Waals surface area contributed by atoms with E-state index in [-0.39, 0.29) is 0 Å². The molecule has 114 heavy (non-hydrogen) atoms. The summed E-state index contributed by atoms with van der Waals surface area (Å²) in [6.45, 7) is 0. The molecule has 0 bridgehead atoms. The molecule has 0 unspecified atom stereocenters.